The molecule has 1 aromatic heterocycles. The number of methoxy groups -OCH3 is 1. The van der Waals surface area contributed by atoms with Gasteiger partial charge in [0.1, 0.15) is 5.75 Å². The van der Waals surface area contributed by atoms with Crippen molar-refractivity contribution in [1.82, 2.24) is 10.2 Å². The first-order valence-electron chi connectivity index (χ1n) is 7.14. The Hall–Kier alpha value is -2.56. The molecule has 0 aliphatic carbocycles. The van der Waals surface area contributed by atoms with E-state index in [1.54, 1.807) is 18.9 Å². The number of nitriles is 1. The van der Waals surface area contributed by atoms with Crippen molar-refractivity contribution in [3.05, 3.63) is 59.7 Å². The van der Waals surface area contributed by atoms with Crippen molar-refractivity contribution in [3.63, 3.8) is 0 Å². The lowest BCUT2D eigenvalue weighted by Crippen LogP contribution is -1.90. The summed E-state index contributed by atoms with van der Waals surface area (Å²) in [5, 5.41) is 21.4. The second-order valence-electron chi connectivity index (χ2n) is 4.79. The van der Waals surface area contributed by atoms with Crippen LogP contribution in [0.15, 0.2) is 52.9 Å². The molecule has 0 bridgehead atoms. The highest BCUT2D eigenvalue weighted by Crippen LogP contribution is 2.31. The zero-order valence-corrected chi connectivity index (χ0v) is 14.5. The van der Waals surface area contributed by atoms with E-state index in [0.29, 0.717) is 11.3 Å². The smallest absolute Gasteiger partial charge is 0.210 e. The predicted molar refractivity (Wildman–Crippen MR) is 96.9 cm³/mol. The molecule has 0 unspecified atom stereocenters. The first kappa shape index (κ1) is 16.3. The maximum absolute atomic E-state index is 9.12. The quantitative estimate of drug-likeness (QED) is 0.659. The lowest BCUT2D eigenvalue weighted by atomic mass is 10.1. The number of hydrogen-bond donors (Lipinski definition) is 1. The van der Waals surface area contributed by atoms with E-state index in [9.17, 15) is 0 Å². The highest BCUT2D eigenvalue weighted by Gasteiger charge is 2.08. The molecule has 120 valence electrons. The molecule has 1 N–H and O–H groups in total. The zero-order valence-electron chi connectivity index (χ0n) is 12.9. The molecule has 3 aromatic rings. The molecule has 2 aromatic carbocycles. The van der Waals surface area contributed by atoms with E-state index in [4.69, 9.17) is 10.00 Å². The van der Waals surface area contributed by atoms with E-state index in [1.165, 1.54) is 11.3 Å². The fourth-order valence-corrected chi connectivity index (χ4v) is 3.81. The SMILES string of the molecule is COc1cccc(Nc2nnc(SCc3ccccc3C#N)s2)c1. The van der Waals surface area contributed by atoms with Crippen LogP contribution < -0.4 is 10.1 Å². The van der Waals surface area contributed by atoms with Gasteiger partial charge in [-0.3, -0.25) is 0 Å². The topological polar surface area (TPSA) is 70.8 Å². The predicted octanol–water partition coefficient (Wildman–Crippen LogP) is 4.45. The Kier molecular flexibility index (Phi) is 5.31. The molecule has 0 aliphatic rings. The standard InChI is InChI=1S/C17H14N4OS2/c1-22-15-8-4-7-14(9-15)19-16-20-21-17(24-16)23-11-13-6-3-2-5-12(13)10-18/h2-9H,11H2,1H3,(H,19,20). The highest BCUT2D eigenvalue weighted by molar-refractivity contribution is 8.00. The summed E-state index contributed by atoms with van der Waals surface area (Å²) in [6.07, 6.45) is 0. The van der Waals surface area contributed by atoms with Crippen LogP contribution in [0.4, 0.5) is 10.8 Å². The van der Waals surface area contributed by atoms with Crippen molar-refractivity contribution < 1.29 is 4.74 Å². The number of aromatic nitrogens is 2. The molecule has 7 heteroatoms. The van der Waals surface area contributed by atoms with Gasteiger partial charge in [-0.15, -0.1) is 10.2 Å². The minimum Gasteiger partial charge on any atom is -0.497 e. The number of hydrogen-bond acceptors (Lipinski definition) is 7. The third kappa shape index (κ3) is 4.04. The Morgan fingerprint density at radius 2 is 2.08 bits per heavy atom. The fourth-order valence-electron chi connectivity index (χ4n) is 2.04. The molecule has 0 radical (unpaired) electrons. The summed E-state index contributed by atoms with van der Waals surface area (Å²) in [5.74, 6) is 1.48. The Labute approximate surface area is 148 Å². The van der Waals surface area contributed by atoms with Crippen molar-refractivity contribution in [2.24, 2.45) is 0 Å². The van der Waals surface area contributed by atoms with Crippen LogP contribution >= 0.6 is 23.1 Å². The van der Waals surface area contributed by atoms with Gasteiger partial charge in [-0.1, -0.05) is 47.4 Å². The molecule has 3 rings (SSSR count). The Morgan fingerprint density at radius 3 is 2.92 bits per heavy atom. The van der Waals surface area contributed by atoms with E-state index in [-0.39, 0.29) is 0 Å². The summed E-state index contributed by atoms with van der Waals surface area (Å²) in [5.41, 5.74) is 2.60. The summed E-state index contributed by atoms with van der Waals surface area (Å²) in [6, 6.07) is 17.4. The van der Waals surface area contributed by atoms with Crippen LogP contribution in [-0.4, -0.2) is 17.3 Å². The normalized spacial score (nSPS) is 10.2. The van der Waals surface area contributed by atoms with Crippen LogP contribution in [0.25, 0.3) is 0 Å². The average Bonchev–Trinajstić information content (AvgIpc) is 3.07. The molecule has 5 nitrogen and oxygen atoms in total. The molecule has 0 saturated carbocycles. The number of thioether (sulfide) groups is 1. The molecular formula is C17H14N4OS2. The van der Waals surface area contributed by atoms with Crippen molar-refractivity contribution in [2.75, 3.05) is 12.4 Å². The van der Waals surface area contributed by atoms with Gasteiger partial charge in [-0.25, -0.2) is 0 Å². The first-order valence-corrected chi connectivity index (χ1v) is 8.94. The fraction of sp³-hybridized carbons (Fsp3) is 0.118. The molecular weight excluding hydrogens is 340 g/mol. The lowest BCUT2D eigenvalue weighted by Gasteiger charge is -2.04. The zero-order chi connectivity index (χ0) is 16.8. The van der Waals surface area contributed by atoms with Crippen LogP contribution in [0.2, 0.25) is 0 Å². The van der Waals surface area contributed by atoms with Crippen LogP contribution in [0, 0.1) is 11.3 Å². The van der Waals surface area contributed by atoms with Gasteiger partial charge >= 0.3 is 0 Å². The van der Waals surface area contributed by atoms with Gasteiger partial charge in [-0.2, -0.15) is 5.26 Å². The molecule has 0 fully saturated rings. The van der Waals surface area contributed by atoms with Gasteiger partial charge in [0.25, 0.3) is 0 Å². The van der Waals surface area contributed by atoms with Crippen LogP contribution in [0.1, 0.15) is 11.1 Å². The number of nitrogens with one attached hydrogen (secondary N) is 1. The maximum Gasteiger partial charge on any atom is 0.210 e. The summed E-state index contributed by atoms with van der Waals surface area (Å²) in [7, 11) is 1.64. The molecule has 24 heavy (non-hydrogen) atoms. The second kappa shape index (κ2) is 7.81. The minimum atomic E-state index is 0.692. The number of ether oxygens (including phenoxy) is 1. The minimum absolute atomic E-state index is 0.692. The van der Waals surface area contributed by atoms with Gasteiger partial charge in [0, 0.05) is 17.5 Å². The van der Waals surface area contributed by atoms with E-state index >= 15 is 0 Å². The Bertz CT molecular complexity index is 873. The van der Waals surface area contributed by atoms with Gasteiger partial charge < -0.3 is 10.1 Å². The second-order valence-corrected chi connectivity index (χ2v) is 6.99. The first-order chi connectivity index (χ1) is 11.8. The molecule has 0 amide bonds. The van der Waals surface area contributed by atoms with Crippen LogP contribution in [-0.2, 0) is 5.75 Å². The average molecular weight is 354 g/mol. The van der Waals surface area contributed by atoms with Crippen LogP contribution in [0.5, 0.6) is 5.75 Å². The highest BCUT2D eigenvalue weighted by atomic mass is 32.2. The number of nitrogens with zero attached hydrogens (tertiary/aromatic N) is 3. The number of rotatable bonds is 6. The number of anilines is 2. The summed E-state index contributed by atoms with van der Waals surface area (Å²) in [4.78, 5) is 0. The van der Waals surface area contributed by atoms with Gasteiger partial charge in [-0.05, 0) is 23.8 Å². The third-order valence-corrected chi connectivity index (χ3v) is 5.24. The van der Waals surface area contributed by atoms with Crippen molar-refractivity contribution >= 4 is 33.9 Å². The van der Waals surface area contributed by atoms with Crippen molar-refractivity contribution in [3.8, 4) is 11.8 Å². The number of benzene rings is 2. The largest absolute Gasteiger partial charge is 0.497 e. The third-order valence-electron chi connectivity index (χ3n) is 3.22. The van der Waals surface area contributed by atoms with E-state index in [1.807, 2.05) is 48.5 Å². The monoisotopic (exact) mass is 354 g/mol. The molecule has 0 spiro atoms. The van der Waals surface area contributed by atoms with Crippen LogP contribution in [0.3, 0.4) is 0 Å². The van der Waals surface area contributed by atoms with E-state index in [0.717, 1.165) is 26.5 Å². The van der Waals surface area contributed by atoms with E-state index in [2.05, 4.69) is 21.6 Å². The van der Waals surface area contributed by atoms with Gasteiger partial charge in [0.15, 0.2) is 4.34 Å². The molecule has 0 saturated heterocycles. The molecule has 1 heterocycles. The summed E-state index contributed by atoms with van der Waals surface area (Å²) < 4.78 is 6.06. The summed E-state index contributed by atoms with van der Waals surface area (Å²) in [6.45, 7) is 0. The summed E-state index contributed by atoms with van der Waals surface area (Å²) >= 11 is 3.05. The van der Waals surface area contributed by atoms with Gasteiger partial charge in [0.05, 0.1) is 18.7 Å². The van der Waals surface area contributed by atoms with Crippen molar-refractivity contribution in [1.29, 1.82) is 5.26 Å². The molecule has 0 atom stereocenters. The van der Waals surface area contributed by atoms with Crippen molar-refractivity contribution in [2.45, 2.75) is 10.1 Å². The molecule has 0 aliphatic heterocycles. The van der Waals surface area contributed by atoms with E-state index < -0.39 is 0 Å². The Balaban J connectivity index is 1.64. The Morgan fingerprint density at radius 1 is 1.21 bits per heavy atom. The van der Waals surface area contributed by atoms with Gasteiger partial charge in [0.2, 0.25) is 5.13 Å². The maximum atomic E-state index is 9.12. The lowest BCUT2D eigenvalue weighted by molar-refractivity contribution is 0.415.